The normalized spacial score (nSPS) is 15.1. The molecule has 2 aromatic heterocycles. The maximum atomic E-state index is 12.9. The molecule has 0 aliphatic carbocycles. The molecule has 0 bridgehead atoms. The van der Waals surface area contributed by atoms with Crippen molar-refractivity contribution in [1.82, 2.24) is 23.9 Å². The molecule has 1 fully saturated rings. The first kappa shape index (κ1) is 23.2. The number of aryl methyl sites for hydroxylation is 2. The Balaban J connectivity index is 1.78. The molecule has 2 N–H and O–H groups in total. The fraction of sp³-hybridized carbons (Fsp3) is 0.476. The van der Waals surface area contributed by atoms with E-state index in [2.05, 4.69) is 19.8 Å². The van der Waals surface area contributed by atoms with Gasteiger partial charge in [0, 0.05) is 19.5 Å². The van der Waals surface area contributed by atoms with Gasteiger partial charge in [-0.3, -0.25) is 9.52 Å². The van der Waals surface area contributed by atoms with Gasteiger partial charge in [-0.1, -0.05) is 6.92 Å². The van der Waals surface area contributed by atoms with Gasteiger partial charge in [0.1, 0.15) is 11.6 Å². The highest BCUT2D eigenvalue weighted by Gasteiger charge is 2.25. The molecule has 0 amide bonds. The second-order valence-corrected chi connectivity index (χ2v) is 9.36. The van der Waals surface area contributed by atoms with Crippen LogP contribution in [-0.2, 0) is 21.4 Å². The molecule has 178 valence electrons. The summed E-state index contributed by atoms with van der Waals surface area (Å²) in [5.74, 6) is 1.43. The summed E-state index contributed by atoms with van der Waals surface area (Å²) in [5, 5.41) is 4.63. The van der Waals surface area contributed by atoms with Gasteiger partial charge >= 0.3 is 10.2 Å². The van der Waals surface area contributed by atoms with Crippen molar-refractivity contribution in [3.63, 3.8) is 0 Å². The fourth-order valence-electron chi connectivity index (χ4n) is 3.80. The van der Waals surface area contributed by atoms with Crippen molar-refractivity contribution in [2.45, 2.75) is 33.6 Å². The quantitative estimate of drug-likeness (QED) is 0.506. The second kappa shape index (κ2) is 9.49. The molecule has 0 radical (unpaired) electrons. The Morgan fingerprint density at radius 2 is 2.00 bits per heavy atom. The van der Waals surface area contributed by atoms with Gasteiger partial charge in [0.15, 0.2) is 11.3 Å². The van der Waals surface area contributed by atoms with Gasteiger partial charge in [-0.2, -0.15) is 12.7 Å². The van der Waals surface area contributed by atoms with Crippen molar-refractivity contribution in [2.24, 2.45) is 0 Å². The number of nitrogens with zero attached hydrogens (tertiary/aromatic N) is 4. The van der Waals surface area contributed by atoms with Crippen LogP contribution in [0.15, 0.2) is 23.0 Å². The SMILES string of the molecule is CCCc1nc(C)c2c(=O)[nH]c(-c3cc(NS(=O)(=O)N4CCOCC4)ccc3OCC)nn12. The molecule has 11 nitrogen and oxygen atoms in total. The number of benzene rings is 1. The summed E-state index contributed by atoms with van der Waals surface area (Å²) in [6.45, 7) is 7.31. The summed E-state index contributed by atoms with van der Waals surface area (Å²) >= 11 is 0. The number of fused-ring (bicyclic) bond motifs is 1. The third kappa shape index (κ3) is 4.72. The molecule has 1 saturated heterocycles. The van der Waals surface area contributed by atoms with E-state index in [1.165, 1.54) is 4.31 Å². The highest BCUT2D eigenvalue weighted by molar-refractivity contribution is 7.90. The summed E-state index contributed by atoms with van der Waals surface area (Å²) in [6, 6.07) is 4.88. The molecular weight excluding hydrogens is 448 g/mol. The number of hydrogen-bond acceptors (Lipinski definition) is 7. The number of imidazole rings is 1. The maximum Gasteiger partial charge on any atom is 0.301 e. The molecule has 0 saturated carbocycles. The molecule has 12 heteroatoms. The van der Waals surface area contributed by atoms with Gasteiger partial charge in [-0.05, 0) is 38.5 Å². The minimum absolute atomic E-state index is 0.262. The third-order valence-corrected chi connectivity index (χ3v) is 6.85. The lowest BCUT2D eigenvalue weighted by atomic mass is 10.1. The van der Waals surface area contributed by atoms with Crippen LogP contribution in [0.5, 0.6) is 5.75 Å². The third-order valence-electron chi connectivity index (χ3n) is 5.31. The van der Waals surface area contributed by atoms with Crippen molar-refractivity contribution in [3.05, 3.63) is 40.1 Å². The Morgan fingerprint density at radius 3 is 2.70 bits per heavy atom. The number of nitrogens with one attached hydrogen (secondary N) is 2. The lowest BCUT2D eigenvalue weighted by molar-refractivity contribution is 0.0733. The first-order valence-electron chi connectivity index (χ1n) is 11.0. The van der Waals surface area contributed by atoms with Crippen LogP contribution in [0.4, 0.5) is 5.69 Å². The monoisotopic (exact) mass is 476 g/mol. The molecule has 4 rings (SSSR count). The average Bonchev–Trinajstić information content (AvgIpc) is 3.11. The van der Waals surface area contributed by atoms with Crippen LogP contribution in [0.2, 0.25) is 0 Å². The van der Waals surface area contributed by atoms with Crippen LogP contribution in [0.1, 0.15) is 31.8 Å². The maximum absolute atomic E-state index is 12.9. The van der Waals surface area contributed by atoms with E-state index >= 15 is 0 Å². The summed E-state index contributed by atoms with van der Waals surface area (Å²) in [5.41, 5.74) is 1.47. The highest BCUT2D eigenvalue weighted by atomic mass is 32.2. The summed E-state index contributed by atoms with van der Waals surface area (Å²) < 4.78 is 42.1. The van der Waals surface area contributed by atoms with Crippen LogP contribution in [0.3, 0.4) is 0 Å². The zero-order valence-electron chi connectivity index (χ0n) is 18.9. The topological polar surface area (TPSA) is 131 Å². The van der Waals surface area contributed by atoms with Gasteiger partial charge < -0.3 is 14.5 Å². The van der Waals surface area contributed by atoms with Crippen LogP contribution in [-0.4, -0.2) is 65.2 Å². The minimum Gasteiger partial charge on any atom is -0.493 e. The Hall–Kier alpha value is -2.96. The predicted octanol–water partition coefficient (Wildman–Crippen LogP) is 1.73. The molecule has 1 aliphatic heterocycles. The van der Waals surface area contributed by atoms with E-state index in [4.69, 9.17) is 9.47 Å². The molecule has 33 heavy (non-hydrogen) atoms. The van der Waals surface area contributed by atoms with Crippen LogP contribution in [0.25, 0.3) is 16.9 Å². The zero-order valence-corrected chi connectivity index (χ0v) is 19.7. The van der Waals surface area contributed by atoms with Crippen molar-refractivity contribution >= 4 is 21.4 Å². The number of rotatable bonds is 8. The Labute approximate surface area is 191 Å². The lowest BCUT2D eigenvalue weighted by Gasteiger charge is -2.26. The molecule has 1 aliphatic rings. The number of aromatic nitrogens is 4. The summed E-state index contributed by atoms with van der Waals surface area (Å²) in [4.78, 5) is 20.2. The summed E-state index contributed by atoms with van der Waals surface area (Å²) in [6.07, 6.45) is 1.52. The Bertz CT molecular complexity index is 1310. The standard InChI is InChI=1S/C21H28N6O5S/c1-4-6-18-22-14(3)19-21(28)23-20(24-27(18)19)16-13-15(7-8-17(16)32-5-2)25-33(29,30)26-9-11-31-12-10-26/h7-8,13,25H,4-6,9-12H2,1-3H3,(H,23,24,28). The molecule has 0 unspecified atom stereocenters. The lowest BCUT2D eigenvalue weighted by Crippen LogP contribution is -2.43. The van der Waals surface area contributed by atoms with Crippen molar-refractivity contribution in [1.29, 1.82) is 0 Å². The predicted molar refractivity (Wildman–Crippen MR) is 124 cm³/mol. The van der Waals surface area contributed by atoms with Crippen molar-refractivity contribution in [3.8, 4) is 17.1 Å². The van der Waals surface area contributed by atoms with E-state index in [1.54, 1.807) is 29.6 Å². The first-order valence-corrected chi connectivity index (χ1v) is 12.4. The van der Waals surface area contributed by atoms with E-state index in [1.807, 2.05) is 13.8 Å². The number of aromatic amines is 1. The van der Waals surface area contributed by atoms with Crippen LogP contribution >= 0.6 is 0 Å². The van der Waals surface area contributed by atoms with E-state index in [-0.39, 0.29) is 24.5 Å². The molecule has 0 atom stereocenters. The van der Waals surface area contributed by atoms with E-state index < -0.39 is 10.2 Å². The van der Waals surface area contributed by atoms with Gasteiger partial charge in [0.2, 0.25) is 0 Å². The first-order chi connectivity index (χ1) is 15.8. The van der Waals surface area contributed by atoms with Crippen LogP contribution in [0, 0.1) is 6.92 Å². The molecule has 3 aromatic rings. The second-order valence-electron chi connectivity index (χ2n) is 7.69. The van der Waals surface area contributed by atoms with E-state index in [0.29, 0.717) is 60.3 Å². The zero-order chi connectivity index (χ0) is 23.6. The van der Waals surface area contributed by atoms with Gasteiger partial charge in [-0.15, -0.1) is 5.10 Å². The van der Waals surface area contributed by atoms with Crippen LogP contribution < -0.4 is 15.0 Å². The smallest absolute Gasteiger partial charge is 0.301 e. The Morgan fingerprint density at radius 1 is 1.24 bits per heavy atom. The molecular formula is C21H28N6O5S. The number of anilines is 1. The Kier molecular flexibility index (Phi) is 6.68. The fourth-order valence-corrected chi connectivity index (χ4v) is 4.99. The minimum atomic E-state index is -3.76. The largest absolute Gasteiger partial charge is 0.493 e. The van der Waals surface area contributed by atoms with Gasteiger partial charge in [0.05, 0.1) is 36.8 Å². The number of hydrogen-bond donors (Lipinski definition) is 2. The van der Waals surface area contributed by atoms with Crippen molar-refractivity contribution in [2.75, 3.05) is 37.6 Å². The van der Waals surface area contributed by atoms with E-state index in [9.17, 15) is 13.2 Å². The number of ether oxygens (including phenoxy) is 2. The summed E-state index contributed by atoms with van der Waals surface area (Å²) in [7, 11) is -3.76. The highest BCUT2D eigenvalue weighted by Crippen LogP contribution is 2.31. The number of H-pyrrole nitrogens is 1. The van der Waals surface area contributed by atoms with E-state index in [0.717, 1.165) is 6.42 Å². The number of morpholine rings is 1. The molecule has 3 heterocycles. The average molecular weight is 477 g/mol. The molecule has 0 spiro atoms. The molecule has 1 aromatic carbocycles. The van der Waals surface area contributed by atoms with Crippen molar-refractivity contribution < 1.29 is 17.9 Å². The van der Waals surface area contributed by atoms with Gasteiger partial charge in [0.25, 0.3) is 5.56 Å². The van der Waals surface area contributed by atoms with Gasteiger partial charge in [-0.25, -0.2) is 9.50 Å².